The quantitative estimate of drug-likeness (QED) is 0.394. The van der Waals surface area contributed by atoms with Gasteiger partial charge < -0.3 is 9.64 Å². The van der Waals surface area contributed by atoms with Gasteiger partial charge in [-0.2, -0.15) is 14.4 Å². The molecule has 2 saturated heterocycles. The summed E-state index contributed by atoms with van der Waals surface area (Å²) in [5.74, 6) is -0.263. The van der Waals surface area contributed by atoms with E-state index in [1.54, 1.807) is 22.9 Å². The fourth-order valence-corrected chi connectivity index (χ4v) is 8.06. The van der Waals surface area contributed by atoms with Gasteiger partial charge in [0.1, 0.15) is 5.69 Å². The summed E-state index contributed by atoms with van der Waals surface area (Å²) in [5.41, 5.74) is 2.80. The normalized spacial score (nSPS) is 23.3. The van der Waals surface area contributed by atoms with E-state index in [1.165, 1.54) is 22.5 Å². The van der Waals surface area contributed by atoms with E-state index in [0.29, 0.717) is 34.8 Å². The van der Waals surface area contributed by atoms with Gasteiger partial charge in [-0.25, -0.2) is 13.1 Å². The number of aromatic nitrogens is 2. The third kappa shape index (κ3) is 5.90. The lowest BCUT2D eigenvalue weighted by molar-refractivity contribution is -0.113. The first-order chi connectivity index (χ1) is 19.8. The van der Waals surface area contributed by atoms with E-state index in [0.717, 1.165) is 36.8 Å². The van der Waals surface area contributed by atoms with Crippen molar-refractivity contribution in [3.8, 4) is 16.9 Å². The summed E-state index contributed by atoms with van der Waals surface area (Å²) >= 11 is 1.39. The minimum Gasteiger partial charge on any atom is -0.373 e. The summed E-state index contributed by atoms with van der Waals surface area (Å²) in [7, 11) is -3.75. The maximum atomic E-state index is 13.6. The lowest BCUT2D eigenvalue weighted by Crippen LogP contribution is -2.48. The molecule has 9 nitrogen and oxygen atoms in total. The van der Waals surface area contributed by atoms with Crippen molar-refractivity contribution in [2.45, 2.75) is 50.2 Å². The van der Waals surface area contributed by atoms with Gasteiger partial charge in [0, 0.05) is 43.5 Å². The molecule has 0 radical (unpaired) electrons. The number of rotatable bonds is 5. The Bertz CT molecular complexity index is 1600. The number of thioether (sulfide) groups is 1. The largest absolute Gasteiger partial charge is 0.373 e. The molecule has 0 aliphatic carbocycles. The van der Waals surface area contributed by atoms with Gasteiger partial charge in [0.2, 0.25) is 10.0 Å². The minimum absolute atomic E-state index is 0.185. The van der Waals surface area contributed by atoms with Crippen molar-refractivity contribution in [3.63, 3.8) is 0 Å². The molecule has 1 amide bonds. The van der Waals surface area contributed by atoms with Crippen LogP contribution in [0.2, 0.25) is 0 Å². The highest BCUT2D eigenvalue weighted by atomic mass is 32.2. The van der Waals surface area contributed by atoms with Crippen LogP contribution in [-0.2, 0) is 19.6 Å². The fraction of sp³-hybridized carbons (Fsp3) is 0.367. The second kappa shape index (κ2) is 11.6. The number of carbonyl (C=O) groups excluding carboxylic acids is 1. The van der Waals surface area contributed by atoms with Crippen LogP contribution < -0.4 is 0 Å². The second-order valence-corrected chi connectivity index (χ2v) is 13.6. The second-order valence-electron chi connectivity index (χ2n) is 10.7. The molecule has 6 rings (SSSR count). The number of carbonyl (C=O) groups is 1. The molecule has 2 fully saturated rings. The van der Waals surface area contributed by atoms with Crippen LogP contribution in [0.3, 0.4) is 0 Å². The third-order valence-electron chi connectivity index (χ3n) is 7.42. The monoisotopic (exact) mass is 591 g/mol. The summed E-state index contributed by atoms with van der Waals surface area (Å²) in [6, 6.07) is 16.6. The highest BCUT2D eigenvalue weighted by Gasteiger charge is 2.33. The number of likely N-dealkylation sites (tertiary alicyclic amines) is 1. The van der Waals surface area contributed by atoms with E-state index in [1.807, 2.05) is 62.5 Å². The lowest BCUT2D eigenvalue weighted by Gasteiger charge is -2.34. The van der Waals surface area contributed by atoms with Gasteiger partial charge >= 0.3 is 0 Å². The molecular formula is C30H33N5O4S2. The van der Waals surface area contributed by atoms with E-state index in [9.17, 15) is 13.2 Å². The highest BCUT2D eigenvalue weighted by Crippen LogP contribution is 2.35. The van der Waals surface area contributed by atoms with Crippen molar-refractivity contribution < 1.29 is 17.9 Å². The predicted molar refractivity (Wildman–Crippen MR) is 161 cm³/mol. The van der Waals surface area contributed by atoms with Gasteiger partial charge in [0.05, 0.1) is 27.7 Å². The maximum Gasteiger partial charge on any atom is 0.286 e. The number of benzene rings is 2. The number of para-hydroxylation sites is 1. The van der Waals surface area contributed by atoms with E-state index in [2.05, 4.69) is 9.89 Å². The van der Waals surface area contributed by atoms with Crippen LogP contribution in [0.25, 0.3) is 23.0 Å². The molecule has 214 valence electrons. The zero-order valence-electron chi connectivity index (χ0n) is 23.1. The van der Waals surface area contributed by atoms with Gasteiger partial charge in [-0.3, -0.25) is 4.79 Å². The number of nitrogens with zero attached hydrogens (tertiary/aromatic N) is 5. The number of morpholine rings is 1. The van der Waals surface area contributed by atoms with Crippen molar-refractivity contribution in [1.29, 1.82) is 0 Å². The molecule has 3 aliphatic heterocycles. The number of sulfonamides is 1. The number of ether oxygens (including phenoxy) is 1. The lowest BCUT2D eigenvalue weighted by atomic mass is 10.1. The Balaban J connectivity index is 1.37. The first-order valence-corrected chi connectivity index (χ1v) is 16.2. The Morgan fingerprint density at radius 3 is 2.44 bits per heavy atom. The number of amidine groups is 1. The molecule has 0 spiro atoms. The summed E-state index contributed by atoms with van der Waals surface area (Å²) in [6.45, 7) is 6.18. The number of aliphatic imine (C=N–C) groups is 1. The van der Waals surface area contributed by atoms with Crippen LogP contribution in [0.15, 0.2) is 75.6 Å². The molecule has 0 N–H and O–H groups in total. The van der Waals surface area contributed by atoms with Crippen molar-refractivity contribution >= 4 is 38.9 Å². The molecular weight excluding hydrogens is 558 g/mol. The van der Waals surface area contributed by atoms with Crippen LogP contribution in [0, 0.1) is 0 Å². The fourth-order valence-electron chi connectivity index (χ4n) is 5.47. The minimum atomic E-state index is -3.75. The first kappa shape index (κ1) is 27.9. The van der Waals surface area contributed by atoms with E-state index >= 15 is 0 Å². The summed E-state index contributed by atoms with van der Waals surface area (Å²) < 4.78 is 36.3. The third-order valence-corrected chi connectivity index (χ3v) is 10.3. The molecule has 4 heterocycles. The molecule has 0 bridgehead atoms. The van der Waals surface area contributed by atoms with E-state index in [4.69, 9.17) is 9.84 Å². The zero-order chi connectivity index (χ0) is 28.6. The van der Waals surface area contributed by atoms with Gasteiger partial charge in [-0.15, -0.1) is 0 Å². The molecule has 2 unspecified atom stereocenters. The SMILES string of the molecule is CC1CN(S(=O)(=O)c2cccc(-c3nn(-c4ccccc4)cc3C=C3SC(N4CCCCC4)=NC3=O)c2)CC(C)O1. The van der Waals surface area contributed by atoms with Crippen molar-refractivity contribution in [1.82, 2.24) is 19.0 Å². The Hall–Kier alpha value is -3.25. The van der Waals surface area contributed by atoms with Gasteiger partial charge in [0.15, 0.2) is 5.17 Å². The number of hydrogen-bond donors (Lipinski definition) is 0. The van der Waals surface area contributed by atoms with Crippen LogP contribution in [0.1, 0.15) is 38.7 Å². The Morgan fingerprint density at radius 2 is 1.71 bits per heavy atom. The Kier molecular flexibility index (Phi) is 7.86. The van der Waals surface area contributed by atoms with Gasteiger partial charge in [0.25, 0.3) is 5.91 Å². The standard InChI is InChI=1S/C30H33N5O4S2/c1-21-18-34(19-22(2)39-21)41(37,38)26-13-9-10-23(16-26)28-24(20-35(32-28)25-11-5-3-6-12-25)17-27-29(36)31-30(40-27)33-14-7-4-8-15-33/h3,5-6,9-13,16-17,20-22H,4,7-8,14-15,18-19H2,1-2H3. The number of amides is 1. The topological polar surface area (TPSA) is 97.1 Å². The molecule has 1 aromatic heterocycles. The average molecular weight is 592 g/mol. The van der Waals surface area contributed by atoms with E-state index in [-0.39, 0.29) is 23.0 Å². The molecule has 2 atom stereocenters. The van der Waals surface area contributed by atoms with Crippen LogP contribution >= 0.6 is 11.8 Å². The smallest absolute Gasteiger partial charge is 0.286 e. The number of piperidine rings is 1. The summed E-state index contributed by atoms with van der Waals surface area (Å²) in [5, 5.41) is 5.61. The van der Waals surface area contributed by atoms with Crippen molar-refractivity contribution in [2.75, 3.05) is 26.2 Å². The van der Waals surface area contributed by atoms with E-state index < -0.39 is 10.0 Å². The Morgan fingerprint density at radius 1 is 0.976 bits per heavy atom. The molecule has 41 heavy (non-hydrogen) atoms. The molecule has 3 aliphatic rings. The predicted octanol–water partition coefficient (Wildman–Crippen LogP) is 4.79. The maximum absolute atomic E-state index is 13.6. The van der Waals surface area contributed by atoms with Crippen molar-refractivity contribution in [3.05, 3.63) is 71.3 Å². The highest BCUT2D eigenvalue weighted by molar-refractivity contribution is 8.18. The molecule has 2 aromatic carbocycles. The van der Waals surface area contributed by atoms with Crippen LogP contribution in [0.5, 0.6) is 0 Å². The van der Waals surface area contributed by atoms with Gasteiger partial charge in [-0.05, 0) is 75.2 Å². The van der Waals surface area contributed by atoms with Crippen LogP contribution in [0.4, 0.5) is 0 Å². The molecule has 0 saturated carbocycles. The first-order valence-electron chi connectivity index (χ1n) is 14.0. The molecule has 3 aromatic rings. The summed E-state index contributed by atoms with van der Waals surface area (Å²) in [4.78, 5) is 20.2. The van der Waals surface area contributed by atoms with Crippen LogP contribution in [-0.4, -0.2) is 76.9 Å². The van der Waals surface area contributed by atoms with Gasteiger partial charge in [-0.1, -0.05) is 30.3 Å². The Labute approximate surface area is 244 Å². The summed E-state index contributed by atoms with van der Waals surface area (Å²) in [6.07, 6.45) is 6.72. The number of hydrogen-bond acceptors (Lipinski definition) is 7. The average Bonchev–Trinajstić information content (AvgIpc) is 3.57. The molecule has 11 heteroatoms. The van der Waals surface area contributed by atoms with Crippen molar-refractivity contribution in [2.24, 2.45) is 4.99 Å². The zero-order valence-corrected chi connectivity index (χ0v) is 24.8.